The molecule has 32 heavy (non-hydrogen) atoms. The molecular formula is C24H29F3N4O. The van der Waals surface area contributed by atoms with Gasteiger partial charge >= 0.3 is 6.18 Å². The fourth-order valence-electron chi connectivity index (χ4n) is 3.52. The van der Waals surface area contributed by atoms with Gasteiger partial charge in [0.15, 0.2) is 0 Å². The summed E-state index contributed by atoms with van der Waals surface area (Å²) in [6, 6.07) is 13.3. The summed E-state index contributed by atoms with van der Waals surface area (Å²) in [5.41, 5.74) is 7.52. The van der Waals surface area contributed by atoms with Gasteiger partial charge in [0.05, 0.1) is 11.1 Å². The first kappa shape index (κ1) is 23.8. The average molecular weight is 447 g/mol. The number of alkyl halides is 3. The predicted molar refractivity (Wildman–Crippen MR) is 122 cm³/mol. The van der Waals surface area contributed by atoms with Crippen molar-refractivity contribution in [2.75, 3.05) is 25.1 Å². The zero-order chi connectivity index (χ0) is 23.3. The summed E-state index contributed by atoms with van der Waals surface area (Å²) in [4.78, 5) is 6.51. The molecule has 8 heteroatoms. The van der Waals surface area contributed by atoms with Gasteiger partial charge in [0.1, 0.15) is 12.4 Å². The molecule has 3 N–H and O–H groups in total. The molecule has 1 aromatic heterocycles. The number of halogens is 3. The maximum atomic E-state index is 13.5. The van der Waals surface area contributed by atoms with Crippen molar-refractivity contribution < 1.29 is 17.9 Å². The highest BCUT2D eigenvalue weighted by Gasteiger charge is 2.31. The van der Waals surface area contributed by atoms with E-state index >= 15 is 0 Å². The van der Waals surface area contributed by atoms with Crippen LogP contribution in [-0.4, -0.2) is 35.7 Å². The van der Waals surface area contributed by atoms with Crippen molar-refractivity contribution in [3.63, 3.8) is 0 Å². The molecule has 0 bridgehead atoms. The van der Waals surface area contributed by atoms with Crippen LogP contribution >= 0.6 is 0 Å². The Bertz CT molecular complexity index is 1060. The van der Waals surface area contributed by atoms with Crippen molar-refractivity contribution in [2.45, 2.75) is 39.4 Å². The summed E-state index contributed by atoms with van der Waals surface area (Å²) in [7, 11) is 0. The smallest absolute Gasteiger partial charge is 0.416 e. The molecule has 0 aliphatic rings. The molecule has 0 aliphatic carbocycles. The van der Waals surface area contributed by atoms with E-state index in [-0.39, 0.29) is 18.4 Å². The zero-order valence-electron chi connectivity index (χ0n) is 18.5. The number of fused-ring (bicyclic) bond motifs is 1. The van der Waals surface area contributed by atoms with Crippen molar-refractivity contribution in [3.8, 4) is 5.75 Å². The summed E-state index contributed by atoms with van der Waals surface area (Å²) < 4.78 is 46.3. The number of benzene rings is 2. The summed E-state index contributed by atoms with van der Waals surface area (Å²) in [5, 5.41) is 3.95. The third-order valence-corrected chi connectivity index (χ3v) is 5.45. The molecule has 0 saturated carbocycles. The quantitative estimate of drug-likeness (QED) is 0.413. The SMILES string of the molecule is CCC(C)N(CN)CCOc1cc(Nc2cc(C)nc3ccccc23)cc(C(F)(F)F)c1. The van der Waals surface area contributed by atoms with Crippen LogP contribution in [0.25, 0.3) is 10.9 Å². The van der Waals surface area contributed by atoms with E-state index in [9.17, 15) is 13.2 Å². The second-order valence-electron chi connectivity index (χ2n) is 7.80. The minimum atomic E-state index is -4.49. The second kappa shape index (κ2) is 10.2. The highest BCUT2D eigenvalue weighted by molar-refractivity contribution is 5.93. The Hall–Kier alpha value is -2.84. The highest BCUT2D eigenvalue weighted by Crippen LogP contribution is 2.36. The summed E-state index contributed by atoms with van der Waals surface area (Å²) in [6.45, 7) is 7.09. The van der Waals surface area contributed by atoms with Gasteiger partial charge in [-0.3, -0.25) is 9.88 Å². The second-order valence-corrected chi connectivity index (χ2v) is 7.80. The van der Waals surface area contributed by atoms with Crippen LogP contribution < -0.4 is 15.8 Å². The van der Waals surface area contributed by atoms with Gasteiger partial charge in [0, 0.05) is 47.8 Å². The molecule has 1 heterocycles. The number of nitrogens with two attached hydrogens (primary N) is 1. The van der Waals surface area contributed by atoms with Crippen LogP contribution in [0.2, 0.25) is 0 Å². The molecule has 2 aromatic carbocycles. The lowest BCUT2D eigenvalue weighted by molar-refractivity contribution is -0.137. The average Bonchev–Trinajstić information content (AvgIpc) is 2.75. The van der Waals surface area contributed by atoms with E-state index in [1.165, 1.54) is 0 Å². The van der Waals surface area contributed by atoms with Gasteiger partial charge in [0.25, 0.3) is 0 Å². The van der Waals surface area contributed by atoms with Gasteiger partial charge in [-0.15, -0.1) is 0 Å². The first-order valence-electron chi connectivity index (χ1n) is 10.6. The molecule has 3 rings (SSSR count). The van der Waals surface area contributed by atoms with E-state index in [4.69, 9.17) is 10.5 Å². The van der Waals surface area contributed by atoms with Crippen molar-refractivity contribution in [1.29, 1.82) is 0 Å². The van der Waals surface area contributed by atoms with Crippen LogP contribution in [0.4, 0.5) is 24.5 Å². The topological polar surface area (TPSA) is 63.4 Å². The minimum Gasteiger partial charge on any atom is -0.492 e. The fraction of sp³-hybridized carbons (Fsp3) is 0.375. The monoisotopic (exact) mass is 446 g/mol. The number of ether oxygens (including phenoxy) is 1. The van der Waals surface area contributed by atoms with Crippen LogP contribution in [-0.2, 0) is 6.18 Å². The number of pyridine rings is 1. The number of para-hydroxylation sites is 1. The maximum Gasteiger partial charge on any atom is 0.416 e. The Balaban J connectivity index is 1.87. The lowest BCUT2D eigenvalue weighted by atomic mass is 10.1. The summed E-state index contributed by atoms with van der Waals surface area (Å²) in [5.74, 6) is 0.151. The molecule has 1 unspecified atom stereocenters. The zero-order valence-corrected chi connectivity index (χ0v) is 18.5. The van der Waals surface area contributed by atoms with Gasteiger partial charge in [-0.05, 0) is 44.5 Å². The van der Waals surface area contributed by atoms with Crippen molar-refractivity contribution in [1.82, 2.24) is 9.88 Å². The lowest BCUT2D eigenvalue weighted by Gasteiger charge is -2.26. The van der Waals surface area contributed by atoms with Gasteiger partial charge in [0.2, 0.25) is 0 Å². The first-order valence-corrected chi connectivity index (χ1v) is 10.6. The normalized spacial score (nSPS) is 12.9. The number of rotatable bonds is 9. The first-order chi connectivity index (χ1) is 15.2. The number of hydrogen-bond donors (Lipinski definition) is 2. The molecule has 172 valence electrons. The number of aryl methyl sites for hydroxylation is 1. The highest BCUT2D eigenvalue weighted by atomic mass is 19.4. The molecule has 5 nitrogen and oxygen atoms in total. The summed E-state index contributed by atoms with van der Waals surface area (Å²) >= 11 is 0. The van der Waals surface area contributed by atoms with E-state index in [1.807, 2.05) is 42.2 Å². The standard InChI is InChI=1S/C24H29F3N4O/c1-4-17(3)31(15-28)9-10-32-20-13-18(24(25,26)27)12-19(14-20)30-23-11-16(2)29-22-8-6-5-7-21(22)23/h5-8,11-14,17H,4,9-10,15,28H2,1-3H3,(H,29,30). The van der Waals surface area contributed by atoms with Gasteiger partial charge < -0.3 is 15.8 Å². The molecule has 0 saturated heterocycles. The van der Waals surface area contributed by atoms with Crippen molar-refractivity contribution in [3.05, 3.63) is 59.8 Å². The van der Waals surface area contributed by atoms with Gasteiger partial charge in [-0.25, -0.2) is 0 Å². The molecule has 1 atom stereocenters. The molecule has 0 radical (unpaired) electrons. The van der Waals surface area contributed by atoms with Crippen LogP contribution in [0.5, 0.6) is 5.75 Å². The van der Waals surface area contributed by atoms with E-state index in [0.717, 1.165) is 35.2 Å². The Kier molecular flexibility index (Phi) is 7.58. The summed E-state index contributed by atoms with van der Waals surface area (Å²) in [6.07, 6.45) is -3.57. The van der Waals surface area contributed by atoms with Crippen molar-refractivity contribution in [2.24, 2.45) is 5.73 Å². The largest absolute Gasteiger partial charge is 0.492 e. The van der Waals surface area contributed by atoms with Crippen LogP contribution in [0.3, 0.4) is 0 Å². The van der Waals surface area contributed by atoms with Gasteiger partial charge in [-0.1, -0.05) is 25.1 Å². The number of hydrogen-bond acceptors (Lipinski definition) is 5. The van der Waals surface area contributed by atoms with Crippen LogP contribution in [0.15, 0.2) is 48.5 Å². The lowest BCUT2D eigenvalue weighted by Crippen LogP contribution is -2.40. The Morgan fingerprint density at radius 3 is 2.59 bits per heavy atom. The van der Waals surface area contributed by atoms with Crippen molar-refractivity contribution >= 4 is 22.3 Å². The molecule has 3 aromatic rings. The molecule has 0 spiro atoms. The van der Waals surface area contributed by atoms with Gasteiger partial charge in [-0.2, -0.15) is 13.2 Å². The Morgan fingerprint density at radius 2 is 1.91 bits per heavy atom. The third kappa shape index (κ3) is 5.89. The third-order valence-electron chi connectivity index (χ3n) is 5.45. The molecule has 0 amide bonds. The molecule has 0 fully saturated rings. The Labute approximate surface area is 186 Å². The van der Waals surface area contributed by atoms with Crippen LogP contribution in [0.1, 0.15) is 31.5 Å². The molecular weight excluding hydrogens is 417 g/mol. The van der Waals surface area contributed by atoms with E-state index < -0.39 is 11.7 Å². The number of anilines is 2. The maximum absolute atomic E-state index is 13.5. The van der Waals surface area contributed by atoms with E-state index in [2.05, 4.69) is 24.1 Å². The Morgan fingerprint density at radius 1 is 1.16 bits per heavy atom. The van der Waals surface area contributed by atoms with E-state index in [1.54, 1.807) is 6.07 Å². The minimum absolute atomic E-state index is 0.151. The van der Waals surface area contributed by atoms with Crippen LogP contribution in [0, 0.1) is 6.92 Å². The molecule has 0 aliphatic heterocycles. The number of nitrogens with one attached hydrogen (secondary N) is 1. The number of aromatic nitrogens is 1. The number of nitrogens with zero attached hydrogens (tertiary/aromatic N) is 2. The van der Waals surface area contributed by atoms with E-state index in [0.29, 0.717) is 24.6 Å². The fourth-order valence-corrected chi connectivity index (χ4v) is 3.52. The predicted octanol–water partition coefficient (Wildman–Crippen LogP) is 5.70.